The number of pyridine rings is 1. The third-order valence-corrected chi connectivity index (χ3v) is 5.63. The van der Waals surface area contributed by atoms with Gasteiger partial charge in [-0.05, 0) is 50.8 Å². The number of carbonyl (C=O) groups is 2. The van der Waals surface area contributed by atoms with Gasteiger partial charge in [0.25, 0.3) is 0 Å². The van der Waals surface area contributed by atoms with Crippen LogP contribution in [0.15, 0.2) is 67.1 Å². The highest BCUT2D eigenvalue weighted by atomic mass is 19.1. The van der Waals surface area contributed by atoms with Crippen LogP contribution >= 0.6 is 0 Å². The second kappa shape index (κ2) is 18.6. The van der Waals surface area contributed by atoms with E-state index in [0.29, 0.717) is 13.0 Å². The molecule has 1 aliphatic rings. The molecule has 0 spiro atoms. The second-order valence-corrected chi connectivity index (χ2v) is 9.19. The molecule has 1 amide bonds. The van der Waals surface area contributed by atoms with Crippen LogP contribution in [0.1, 0.15) is 36.0 Å². The number of aromatic amines is 1. The van der Waals surface area contributed by atoms with Crippen molar-refractivity contribution in [2.24, 2.45) is 0 Å². The van der Waals surface area contributed by atoms with E-state index < -0.39 is 5.95 Å². The largest absolute Gasteiger partial charge is 0.448 e. The Morgan fingerprint density at radius 1 is 1.02 bits per heavy atom. The number of carbonyl (C=O) groups excluding carboxylic acids is 2. The standard InChI is InChI=1S/C13H17N5O.C7H8.C6H6FN.C4H7NO2/c1-10-8-15-16-9-11(10)12-7-13(18-17-12)14-5-3-2-4-6-19;1-7-5-3-2-4-6-7;1-5-2-3-6(7)8-4-5;1-5-2-3-7-4(5)6/h6-9H,2-5H2,1H3,(H2,14,17,18);2-6H,1H3;2-4H,1H3;2-3H2,1H3. The van der Waals surface area contributed by atoms with Gasteiger partial charge in [-0.15, -0.1) is 0 Å². The zero-order valence-corrected chi connectivity index (χ0v) is 24.0. The van der Waals surface area contributed by atoms with E-state index in [1.165, 1.54) is 17.8 Å². The van der Waals surface area contributed by atoms with Crippen LogP contribution in [0.5, 0.6) is 0 Å². The van der Waals surface area contributed by atoms with Crippen molar-refractivity contribution in [1.29, 1.82) is 0 Å². The van der Waals surface area contributed by atoms with Gasteiger partial charge in [-0.1, -0.05) is 42.0 Å². The summed E-state index contributed by atoms with van der Waals surface area (Å²) in [5.74, 6) is 0.382. The number of rotatable bonds is 7. The summed E-state index contributed by atoms with van der Waals surface area (Å²) < 4.78 is 16.5. The lowest BCUT2D eigenvalue weighted by Crippen LogP contribution is -2.17. The Bertz CT molecular complexity index is 1280. The quantitative estimate of drug-likeness (QED) is 0.170. The van der Waals surface area contributed by atoms with Crippen molar-refractivity contribution >= 4 is 18.2 Å². The number of aromatic nitrogens is 5. The molecule has 0 bridgehead atoms. The van der Waals surface area contributed by atoms with E-state index >= 15 is 0 Å². The Balaban J connectivity index is 0.000000219. The third-order valence-electron chi connectivity index (χ3n) is 5.63. The first kappa shape index (κ1) is 32.5. The summed E-state index contributed by atoms with van der Waals surface area (Å²) in [6.45, 7) is 8.03. The van der Waals surface area contributed by atoms with Gasteiger partial charge in [0.15, 0.2) is 0 Å². The van der Waals surface area contributed by atoms with Crippen molar-refractivity contribution in [3.63, 3.8) is 0 Å². The highest BCUT2D eigenvalue weighted by Crippen LogP contribution is 2.21. The summed E-state index contributed by atoms with van der Waals surface area (Å²) in [5, 5.41) is 18.1. The molecule has 4 aromatic rings. The number of aryl methyl sites for hydroxylation is 3. The van der Waals surface area contributed by atoms with Crippen LogP contribution in [-0.4, -0.2) is 69.4 Å². The van der Waals surface area contributed by atoms with Crippen LogP contribution in [0.4, 0.5) is 15.0 Å². The zero-order chi connectivity index (χ0) is 29.9. The molecule has 4 heterocycles. The molecule has 10 nitrogen and oxygen atoms in total. The maximum atomic E-state index is 12.0. The molecule has 1 fully saturated rings. The summed E-state index contributed by atoms with van der Waals surface area (Å²) in [5.41, 5.74) is 5.27. The number of amides is 1. The van der Waals surface area contributed by atoms with Crippen LogP contribution < -0.4 is 5.32 Å². The first-order valence-electron chi connectivity index (χ1n) is 13.3. The summed E-state index contributed by atoms with van der Waals surface area (Å²) in [4.78, 5) is 25.4. The Morgan fingerprint density at radius 2 is 1.78 bits per heavy atom. The zero-order valence-electron chi connectivity index (χ0n) is 24.0. The number of hydrogen-bond donors (Lipinski definition) is 2. The molecule has 3 aromatic heterocycles. The van der Waals surface area contributed by atoms with Crippen LogP contribution in [-0.2, 0) is 9.53 Å². The lowest BCUT2D eigenvalue weighted by Gasteiger charge is -2.00. The van der Waals surface area contributed by atoms with Crippen molar-refractivity contribution in [3.8, 4) is 11.3 Å². The molecule has 41 heavy (non-hydrogen) atoms. The number of aldehydes is 1. The second-order valence-electron chi connectivity index (χ2n) is 9.19. The number of unbranched alkanes of at least 4 members (excludes halogenated alkanes) is 2. The van der Waals surface area contributed by atoms with Gasteiger partial charge in [0.1, 0.15) is 18.7 Å². The summed E-state index contributed by atoms with van der Waals surface area (Å²) in [6, 6.07) is 15.2. The van der Waals surface area contributed by atoms with E-state index in [1.54, 1.807) is 30.4 Å². The maximum absolute atomic E-state index is 12.0. The van der Waals surface area contributed by atoms with Crippen LogP contribution in [0.2, 0.25) is 0 Å². The fourth-order valence-electron chi connectivity index (χ4n) is 3.24. The molecular weight excluding hydrogens is 525 g/mol. The predicted octanol–water partition coefficient (Wildman–Crippen LogP) is 5.55. The number of H-pyrrole nitrogens is 1. The van der Waals surface area contributed by atoms with Gasteiger partial charge in [-0.25, -0.2) is 9.78 Å². The molecule has 1 aliphatic heterocycles. The Kier molecular flexibility index (Phi) is 14.8. The van der Waals surface area contributed by atoms with Crippen molar-refractivity contribution in [1.82, 2.24) is 30.3 Å². The number of halogens is 1. The molecule has 0 atom stereocenters. The molecule has 0 saturated carbocycles. The number of nitrogens with one attached hydrogen (secondary N) is 2. The minimum absolute atomic E-state index is 0.208. The van der Waals surface area contributed by atoms with Crippen molar-refractivity contribution in [2.45, 2.75) is 40.0 Å². The lowest BCUT2D eigenvalue weighted by atomic mass is 10.1. The van der Waals surface area contributed by atoms with Crippen molar-refractivity contribution < 1.29 is 18.7 Å². The normalized spacial score (nSPS) is 11.5. The molecule has 0 unspecified atom stereocenters. The minimum Gasteiger partial charge on any atom is -0.448 e. The van der Waals surface area contributed by atoms with Gasteiger partial charge in [-0.2, -0.15) is 19.7 Å². The smallest absolute Gasteiger partial charge is 0.409 e. The van der Waals surface area contributed by atoms with Gasteiger partial charge in [-0.3, -0.25) is 5.10 Å². The first-order valence-corrected chi connectivity index (χ1v) is 13.3. The van der Waals surface area contributed by atoms with Gasteiger partial charge in [0.05, 0.1) is 24.6 Å². The van der Waals surface area contributed by atoms with E-state index in [0.717, 1.165) is 60.4 Å². The first-order chi connectivity index (χ1) is 19.8. The lowest BCUT2D eigenvalue weighted by molar-refractivity contribution is -0.107. The Morgan fingerprint density at radius 3 is 2.29 bits per heavy atom. The molecule has 2 N–H and O–H groups in total. The fourth-order valence-corrected chi connectivity index (χ4v) is 3.24. The van der Waals surface area contributed by atoms with Crippen molar-refractivity contribution in [2.75, 3.05) is 32.1 Å². The topological polar surface area (TPSA) is 126 Å². The monoisotopic (exact) mass is 563 g/mol. The highest BCUT2D eigenvalue weighted by molar-refractivity contribution is 5.68. The van der Waals surface area contributed by atoms with E-state index in [4.69, 9.17) is 0 Å². The molecule has 1 aromatic carbocycles. The number of benzene rings is 1. The third kappa shape index (κ3) is 13.3. The number of cyclic esters (lactones) is 1. The summed E-state index contributed by atoms with van der Waals surface area (Å²) in [7, 11) is 1.72. The minimum atomic E-state index is -0.421. The number of nitrogens with zero attached hydrogens (tertiary/aromatic N) is 5. The number of likely N-dealkylation sites (N-methyl/N-ethyl adjacent to an activating group) is 1. The Hall–Kier alpha value is -4.67. The Labute approximate surface area is 240 Å². The molecule has 1 saturated heterocycles. The van der Waals surface area contributed by atoms with Gasteiger partial charge < -0.3 is 19.7 Å². The van der Waals surface area contributed by atoms with Crippen molar-refractivity contribution in [3.05, 3.63) is 89.8 Å². The highest BCUT2D eigenvalue weighted by Gasteiger charge is 2.15. The number of hydrogen-bond acceptors (Lipinski definition) is 8. The maximum Gasteiger partial charge on any atom is 0.409 e. The van der Waals surface area contributed by atoms with Gasteiger partial charge >= 0.3 is 6.09 Å². The van der Waals surface area contributed by atoms with Crippen LogP contribution in [0.25, 0.3) is 11.3 Å². The molecule has 11 heteroatoms. The van der Waals surface area contributed by atoms with Gasteiger partial charge in [0, 0.05) is 37.8 Å². The summed E-state index contributed by atoms with van der Waals surface area (Å²) >= 11 is 0. The van der Waals surface area contributed by atoms with Crippen LogP contribution in [0.3, 0.4) is 0 Å². The summed E-state index contributed by atoms with van der Waals surface area (Å²) in [6.07, 6.45) is 8.16. The molecule has 0 aliphatic carbocycles. The van der Waals surface area contributed by atoms with E-state index in [-0.39, 0.29) is 6.09 Å². The number of anilines is 1. The number of ether oxygens (including phenoxy) is 1. The fraction of sp³-hybridized carbons (Fsp3) is 0.333. The van der Waals surface area contributed by atoms with E-state index in [9.17, 15) is 14.0 Å². The molecule has 0 radical (unpaired) electrons. The average Bonchev–Trinajstić information content (AvgIpc) is 3.60. The van der Waals surface area contributed by atoms with Gasteiger partial charge in [0.2, 0.25) is 5.95 Å². The molecule has 218 valence electrons. The SMILES string of the molecule is CN1CCOC1=O.Cc1ccc(F)nc1.Cc1ccccc1.Cc1cnncc1-c1cc(NCCCCC=O)n[nH]1. The van der Waals surface area contributed by atoms with Crippen LogP contribution in [0, 0.1) is 26.7 Å². The molecular formula is C30H38FN7O3. The average molecular weight is 564 g/mol. The van der Waals surface area contributed by atoms with E-state index in [2.05, 4.69) is 54.5 Å². The van der Waals surface area contributed by atoms with E-state index in [1.807, 2.05) is 38.1 Å². The molecule has 5 rings (SSSR count). The predicted molar refractivity (Wildman–Crippen MR) is 157 cm³/mol.